The Bertz CT molecular complexity index is 823. The zero-order chi connectivity index (χ0) is 18.8. The van der Waals surface area contributed by atoms with Crippen LogP contribution in [0.1, 0.15) is 20.9 Å². The quantitative estimate of drug-likeness (QED) is 0.815. The van der Waals surface area contributed by atoms with E-state index in [0.29, 0.717) is 68.0 Å². The Labute approximate surface area is 156 Å². The lowest BCUT2D eigenvalue weighted by Crippen LogP contribution is -2.50. The summed E-state index contributed by atoms with van der Waals surface area (Å²) in [5.41, 5.74) is 0.474. The van der Waals surface area contributed by atoms with Crippen molar-refractivity contribution in [3.05, 3.63) is 41.9 Å². The Hall–Kier alpha value is -3.16. The van der Waals surface area contributed by atoms with Gasteiger partial charge in [-0.25, -0.2) is 0 Å². The van der Waals surface area contributed by atoms with Crippen LogP contribution in [-0.4, -0.2) is 68.1 Å². The number of carbonyl (C=O) groups is 2. The Morgan fingerprint density at radius 3 is 2.37 bits per heavy atom. The second kappa shape index (κ2) is 7.22. The molecular weight excluding hydrogens is 352 g/mol. The summed E-state index contributed by atoms with van der Waals surface area (Å²) in [6.45, 7) is 2.67. The highest BCUT2D eigenvalue weighted by atomic mass is 16.6. The summed E-state index contributed by atoms with van der Waals surface area (Å²) in [5.74, 6) is 1.53. The zero-order valence-corrected chi connectivity index (χ0v) is 15.0. The molecule has 0 spiro atoms. The number of benzene rings is 1. The first-order valence-corrected chi connectivity index (χ1v) is 8.77. The number of ether oxygens (including phenoxy) is 3. The highest BCUT2D eigenvalue weighted by molar-refractivity contribution is 5.96. The van der Waals surface area contributed by atoms with Crippen LogP contribution in [0.2, 0.25) is 0 Å². The maximum atomic E-state index is 12.9. The molecule has 0 N–H and O–H groups in total. The minimum Gasteiger partial charge on any atom is -0.493 e. The average Bonchev–Trinajstić information content (AvgIpc) is 3.27. The first kappa shape index (κ1) is 17.3. The molecule has 1 saturated heterocycles. The number of piperazine rings is 1. The third-order valence-electron chi connectivity index (χ3n) is 4.66. The molecule has 0 unspecified atom stereocenters. The van der Waals surface area contributed by atoms with E-state index in [9.17, 15) is 9.59 Å². The van der Waals surface area contributed by atoms with Crippen molar-refractivity contribution in [2.45, 2.75) is 0 Å². The molecule has 3 heterocycles. The smallest absolute Gasteiger partial charge is 0.289 e. The van der Waals surface area contributed by atoms with E-state index in [-0.39, 0.29) is 11.8 Å². The molecule has 1 aromatic carbocycles. The number of amides is 2. The van der Waals surface area contributed by atoms with E-state index in [0.717, 1.165) is 0 Å². The van der Waals surface area contributed by atoms with Gasteiger partial charge in [-0.1, -0.05) is 0 Å². The third kappa shape index (κ3) is 3.30. The fraction of sp³-hybridized carbons (Fsp3) is 0.368. The standard InChI is InChI=1S/C19H20N2O6/c1-24-15-11-13(12-16-17(15)27-10-9-26-16)18(22)20-4-6-21(7-5-20)19(23)14-3-2-8-25-14/h2-3,8,11-12H,4-7,9-10H2,1H3. The van der Waals surface area contributed by atoms with Crippen LogP contribution in [0.15, 0.2) is 34.9 Å². The van der Waals surface area contributed by atoms with Crippen LogP contribution in [0.5, 0.6) is 17.2 Å². The van der Waals surface area contributed by atoms with E-state index in [1.54, 1.807) is 34.1 Å². The van der Waals surface area contributed by atoms with Gasteiger partial charge in [0.05, 0.1) is 13.4 Å². The molecule has 1 aromatic heterocycles. The predicted molar refractivity (Wildman–Crippen MR) is 94.5 cm³/mol. The molecule has 0 radical (unpaired) electrons. The lowest BCUT2D eigenvalue weighted by Gasteiger charge is -2.34. The van der Waals surface area contributed by atoms with Crippen molar-refractivity contribution in [2.75, 3.05) is 46.5 Å². The number of methoxy groups -OCH3 is 1. The monoisotopic (exact) mass is 372 g/mol. The van der Waals surface area contributed by atoms with Crippen molar-refractivity contribution in [2.24, 2.45) is 0 Å². The molecule has 0 aliphatic carbocycles. The SMILES string of the molecule is COc1cc(C(=O)N2CCN(C(=O)c3ccco3)CC2)cc2c1OCCO2. The van der Waals surface area contributed by atoms with Gasteiger partial charge in [-0.05, 0) is 24.3 Å². The lowest BCUT2D eigenvalue weighted by molar-refractivity contribution is 0.0517. The van der Waals surface area contributed by atoms with Crippen LogP contribution < -0.4 is 14.2 Å². The van der Waals surface area contributed by atoms with Gasteiger partial charge in [0.25, 0.3) is 11.8 Å². The molecule has 0 bridgehead atoms. The molecule has 0 saturated carbocycles. The number of hydrogen-bond donors (Lipinski definition) is 0. The molecule has 2 amide bonds. The van der Waals surface area contributed by atoms with E-state index >= 15 is 0 Å². The molecule has 27 heavy (non-hydrogen) atoms. The van der Waals surface area contributed by atoms with E-state index in [1.165, 1.54) is 13.4 Å². The number of carbonyl (C=O) groups excluding carboxylic acids is 2. The first-order chi connectivity index (χ1) is 13.2. The summed E-state index contributed by atoms with van der Waals surface area (Å²) >= 11 is 0. The van der Waals surface area contributed by atoms with Gasteiger partial charge in [0.1, 0.15) is 13.2 Å². The van der Waals surface area contributed by atoms with Gasteiger partial charge in [0.15, 0.2) is 17.3 Å². The lowest BCUT2D eigenvalue weighted by atomic mass is 10.1. The van der Waals surface area contributed by atoms with Gasteiger partial charge in [0.2, 0.25) is 5.75 Å². The maximum absolute atomic E-state index is 12.9. The molecule has 8 nitrogen and oxygen atoms in total. The first-order valence-electron chi connectivity index (χ1n) is 8.77. The van der Waals surface area contributed by atoms with Gasteiger partial charge in [-0.2, -0.15) is 0 Å². The average molecular weight is 372 g/mol. The minimum atomic E-state index is -0.159. The van der Waals surface area contributed by atoms with E-state index in [2.05, 4.69) is 0 Å². The summed E-state index contributed by atoms with van der Waals surface area (Å²) in [6.07, 6.45) is 1.47. The zero-order valence-electron chi connectivity index (χ0n) is 15.0. The second-order valence-electron chi connectivity index (χ2n) is 6.26. The van der Waals surface area contributed by atoms with Crippen LogP contribution in [0.3, 0.4) is 0 Å². The number of rotatable bonds is 3. The van der Waals surface area contributed by atoms with E-state index in [4.69, 9.17) is 18.6 Å². The van der Waals surface area contributed by atoms with Gasteiger partial charge in [-0.15, -0.1) is 0 Å². The predicted octanol–water partition coefficient (Wildman–Crippen LogP) is 1.66. The highest BCUT2D eigenvalue weighted by Gasteiger charge is 2.28. The van der Waals surface area contributed by atoms with E-state index in [1.807, 2.05) is 0 Å². The van der Waals surface area contributed by atoms with Crippen molar-refractivity contribution in [1.82, 2.24) is 9.80 Å². The van der Waals surface area contributed by atoms with Crippen LogP contribution in [-0.2, 0) is 0 Å². The topological polar surface area (TPSA) is 81.5 Å². The summed E-state index contributed by atoms with van der Waals surface area (Å²) in [6, 6.07) is 6.67. The fourth-order valence-corrected chi connectivity index (χ4v) is 3.25. The summed E-state index contributed by atoms with van der Waals surface area (Å²) in [7, 11) is 1.53. The molecule has 4 rings (SSSR count). The molecule has 142 valence electrons. The number of hydrogen-bond acceptors (Lipinski definition) is 6. The van der Waals surface area contributed by atoms with Crippen molar-refractivity contribution < 1.29 is 28.2 Å². The maximum Gasteiger partial charge on any atom is 0.289 e. The normalized spacial score (nSPS) is 16.2. The molecular formula is C19H20N2O6. The summed E-state index contributed by atoms with van der Waals surface area (Å²) in [5, 5.41) is 0. The van der Waals surface area contributed by atoms with E-state index < -0.39 is 0 Å². The molecule has 1 fully saturated rings. The van der Waals surface area contributed by atoms with Gasteiger partial charge in [-0.3, -0.25) is 9.59 Å². The van der Waals surface area contributed by atoms with Gasteiger partial charge >= 0.3 is 0 Å². The number of nitrogens with zero attached hydrogens (tertiary/aromatic N) is 2. The van der Waals surface area contributed by atoms with Crippen molar-refractivity contribution in [3.63, 3.8) is 0 Å². The number of furan rings is 1. The molecule has 2 aliphatic heterocycles. The summed E-state index contributed by atoms with van der Waals surface area (Å²) < 4.78 is 21.7. The third-order valence-corrected chi connectivity index (χ3v) is 4.66. The van der Waals surface area contributed by atoms with Crippen LogP contribution in [0.4, 0.5) is 0 Å². The van der Waals surface area contributed by atoms with Gasteiger partial charge in [0, 0.05) is 31.7 Å². The van der Waals surface area contributed by atoms with Crippen LogP contribution in [0.25, 0.3) is 0 Å². The molecule has 0 atom stereocenters. The highest BCUT2D eigenvalue weighted by Crippen LogP contribution is 2.40. The van der Waals surface area contributed by atoms with Crippen molar-refractivity contribution in [1.29, 1.82) is 0 Å². The minimum absolute atomic E-state index is 0.129. The van der Waals surface area contributed by atoms with Crippen molar-refractivity contribution in [3.8, 4) is 17.2 Å². The van der Waals surface area contributed by atoms with Gasteiger partial charge < -0.3 is 28.4 Å². The molecule has 2 aliphatic rings. The van der Waals surface area contributed by atoms with Crippen LogP contribution in [0, 0.1) is 0 Å². The second-order valence-corrected chi connectivity index (χ2v) is 6.26. The van der Waals surface area contributed by atoms with Crippen LogP contribution >= 0.6 is 0 Å². The van der Waals surface area contributed by atoms with Crippen molar-refractivity contribution >= 4 is 11.8 Å². The molecule has 8 heteroatoms. The largest absolute Gasteiger partial charge is 0.493 e. The molecule has 2 aromatic rings. The Balaban J connectivity index is 1.46. The Morgan fingerprint density at radius 2 is 1.70 bits per heavy atom. The number of fused-ring (bicyclic) bond motifs is 1. The fourth-order valence-electron chi connectivity index (χ4n) is 3.25. The Kier molecular flexibility index (Phi) is 4.62. The Morgan fingerprint density at radius 1 is 1.00 bits per heavy atom. The summed E-state index contributed by atoms with van der Waals surface area (Å²) in [4.78, 5) is 28.7.